The van der Waals surface area contributed by atoms with Crippen LogP contribution in [0.5, 0.6) is 0 Å². The van der Waals surface area contributed by atoms with E-state index in [0.29, 0.717) is 23.8 Å². The van der Waals surface area contributed by atoms with E-state index < -0.39 is 11.4 Å². The highest BCUT2D eigenvalue weighted by Crippen LogP contribution is 2.47. The highest BCUT2D eigenvalue weighted by atomic mass is 19.1. The van der Waals surface area contributed by atoms with Gasteiger partial charge in [-0.15, -0.1) is 0 Å². The maximum absolute atomic E-state index is 14.4. The maximum atomic E-state index is 14.4. The molecule has 0 spiro atoms. The lowest BCUT2D eigenvalue weighted by molar-refractivity contribution is -0.118. The fourth-order valence-corrected chi connectivity index (χ4v) is 3.54. The smallest absolute Gasteiger partial charge is 0.227 e. The first-order chi connectivity index (χ1) is 12.0. The number of hydrogen-bond donors (Lipinski definition) is 1. The second kappa shape index (κ2) is 6.08. The number of fused-ring (bicyclic) bond motifs is 1. The molecule has 0 bridgehead atoms. The molecule has 1 aliphatic rings. The fraction of sp³-hybridized carbons (Fsp3) is 0.550. The number of carbonyl (C=O) groups is 1. The number of nitrogens with zero attached hydrogens (tertiary/aromatic N) is 3. The first kappa shape index (κ1) is 18.4. The van der Waals surface area contributed by atoms with Gasteiger partial charge in [0.15, 0.2) is 5.69 Å². The zero-order valence-corrected chi connectivity index (χ0v) is 16.0. The lowest BCUT2D eigenvalue weighted by Crippen LogP contribution is -2.28. The van der Waals surface area contributed by atoms with Crippen molar-refractivity contribution in [3.05, 3.63) is 29.4 Å². The van der Waals surface area contributed by atoms with E-state index >= 15 is 0 Å². The van der Waals surface area contributed by atoms with Gasteiger partial charge < -0.3 is 4.57 Å². The van der Waals surface area contributed by atoms with E-state index in [-0.39, 0.29) is 22.5 Å². The van der Waals surface area contributed by atoms with E-state index in [2.05, 4.69) is 29.0 Å². The van der Waals surface area contributed by atoms with Gasteiger partial charge in [-0.05, 0) is 57.1 Å². The molecule has 0 unspecified atom stereocenters. The number of benzene rings is 1. The molecule has 0 radical (unpaired) electrons. The summed E-state index contributed by atoms with van der Waals surface area (Å²) in [4.78, 5) is 20.3. The molecule has 138 valence electrons. The van der Waals surface area contributed by atoms with Crippen LogP contribution in [0.3, 0.4) is 0 Å². The average molecular weight is 356 g/mol. The number of hydrogen-bond acceptors (Lipinski definition) is 2. The van der Waals surface area contributed by atoms with Gasteiger partial charge in [0, 0.05) is 12.0 Å². The van der Waals surface area contributed by atoms with Crippen molar-refractivity contribution in [1.82, 2.24) is 9.55 Å². The number of nitrogens with one attached hydrogen (secondary N) is 1. The number of amides is 1. The lowest BCUT2D eigenvalue weighted by Gasteiger charge is -2.26. The molecule has 1 aromatic heterocycles. The maximum Gasteiger partial charge on any atom is 0.227 e. The molecule has 6 heteroatoms. The van der Waals surface area contributed by atoms with Gasteiger partial charge in [-0.3, -0.25) is 10.1 Å². The Morgan fingerprint density at radius 1 is 1.35 bits per heavy atom. The Labute approximate surface area is 153 Å². The molecule has 1 amide bonds. The van der Waals surface area contributed by atoms with Gasteiger partial charge in [-0.25, -0.2) is 14.2 Å². The molecule has 26 heavy (non-hydrogen) atoms. The normalized spacial score (nSPS) is 15.1. The van der Waals surface area contributed by atoms with E-state index in [1.165, 1.54) is 18.9 Å². The minimum absolute atomic E-state index is 0.0504. The molecule has 1 aliphatic carbocycles. The zero-order chi connectivity index (χ0) is 19.3. The first-order valence-corrected chi connectivity index (χ1v) is 8.93. The van der Waals surface area contributed by atoms with Gasteiger partial charge in [-0.1, -0.05) is 13.8 Å². The quantitative estimate of drug-likeness (QED) is 0.761. The molecule has 0 saturated heterocycles. The molecule has 5 nitrogen and oxygen atoms in total. The van der Waals surface area contributed by atoms with Crippen molar-refractivity contribution >= 4 is 28.6 Å². The molecule has 1 saturated carbocycles. The third-order valence-corrected chi connectivity index (χ3v) is 5.05. The van der Waals surface area contributed by atoms with Crippen molar-refractivity contribution < 1.29 is 9.18 Å². The van der Waals surface area contributed by atoms with Crippen molar-refractivity contribution in [2.75, 3.05) is 5.32 Å². The second-order valence-electron chi connectivity index (χ2n) is 8.84. The molecule has 1 heterocycles. The SMILES string of the molecule is [C-]#[N+]c1cc(F)c2nc(NC(=O)CC(C)(C)C3CC3)n(C(C)(C)C)c2c1. The predicted octanol–water partition coefficient (Wildman–Crippen LogP) is 5.25. The van der Waals surface area contributed by atoms with Crippen molar-refractivity contribution in [1.29, 1.82) is 0 Å². The van der Waals surface area contributed by atoms with Crippen LogP contribution in [0.1, 0.15) is 53.9 Å². The second-order valence-corrected chi connectivity index (χ2v) is 8.84. The number of carbonyl (C=O) groups excluding carboxylic acids is 1. The van der Waals surface area contributed by atoms with E-state index in [4.69, 9.17) is 6.57 Å². The van der Waals surface area contributed by atoms with Crippen LogP contribution in [0.2, 0.25) is 0 Å². The minimum atomic E-state index is -0.551. The standard InChI is InChI=1S/C20H25FN4O/c1-19(2,3)25-15-10-13(22-6)9-14(21)17(15)24-18(25)23-16(26)11-20(4,5)12-7-8-12/h9-10,12H,7-8,11H2,1-5H3,(H,23,24,26). The van der Waals surface area contributed by atoms with E-state index in [1.807, 2.05) is 20.8 Å². The van der Waals surface area contributed by atoms with Crippen LogP contribution in [-0.2, 0) is 10.3 Å². The molecule has 3 rings (SSSR count). The summed E-state index contributed by atoms with van der Waals surface area (Å²) >= 11 is 0. The molecule has 1 N–H and O–H groups in total. The van der Waals surface area contributed by atoms with Crippen molar-refractivity contribution in [3.8, 4) is 0 Å². The van der Waals surface area contributed by atoms with Crippen molar-refractivity contribution in [2.45, 2.75) is 59.4 Å². The van der Waals surface area contributed by atoms with Gasteiger partial charge in [0.1, 0.15) is 11.3 Å². The Bertz CT molecular complexity index is 911. The Morgan fingerprint density at radius 3 is 2.54 bits per heavy atom. The third kappa shape index (κ3) is 3.44. The van der Waals surface area contributed by atoms with Gasteiger partial charge >= 0.3 is 0 Å². The van der Waals surface area contributed by atoms with Gasteiger partial charge in [0.25, 0.3) is 0 Å². The fourth-order valence-electron chi connectivity index (χ4n) is 3.54. The van der Waals surface area contributed by atoms with E-state index in [9.17, 15) is 9.18 Å². The van der Waals surface area contributed by atoms with Crippen molar-refractivity contribution in [3.63, 3.8) is 0 Å². The average Bonchev–Trinajstić information content (AvgIpc) is 3.28. The summed E-state index contributed by atoms with van der Waals surface area (Å²) in [7, 11) is 0. The van der Waals surface area contributed by atoms with Gasteiger partial charge in [0.2, 0.25) is 11.9 Å². The van der Waals surface area contributed by atoms with Gasteiger partial charge in [0.05, 0.1) is 12.1 Å². The number of rotatable bonds is 4. The molecule has 1 aromatic carbocycles. The summed E-state index contributed by atoms with van der Waals surface area (Å²) in [5.41, 5.74) is 0.416. The summed E-state index contributed by atoms with van der Waals surface area (Å²) in [5.74, 6) is 0.248. The number of aromatic nitrogens is 2. The number of imidazole rings is 1. The van der Waals surface area contributed by atoms with Gasteiger partial charge in [-0.2, -0.15) is 0 Å². The molecular weight excluding hydrogens is 331 g/mol. The van der Waals surface area contributed by atoms with Crippen LogP contribution in [0.4, 0.5) is 16.0 Å². The van der Waals surface area contributed by atoms with Crippen molar-refractivity contribution in [2.24, 2.45) is 11.3 Å². The van der Waals surface area contributed by atoms with E-state index in [0.717, 1.165) is 0 Å². The minimum Gasteiger partial charge on any atom is -0.306 e. The monoisotopic (exact) mass is 356 g/mol. The Balaban J connectivity index is 2.01. The van der Waals surface area contributed by atoms with Crippen LogP contribution in [0.15, 0.2) is 12.1 Å². The summed E-state index contributed by atoms with van der Waals surface area (Å²) in [6.07, 6.45) is 2.75. The summed E-state index contributed by atoms with van der Waals surface area (Å²) in [6.45, 7) is 17.3. The molecule has 0 atom stereocenters. The van der Waals surface area contributed by atoms with Crippen LogP contribution < -0.4 is 5.32 Å². The summed E-state index contributed by atoms with van der Waals surface area (Å²) < 4.78 is 16.2. The van der Waals surface area contributed by atoms with Crippen LogP contribution >= 0.6 is 0 Å². The predicted molar refractivity (Wildman–Crippen MR) is 101 cm³/mol. The highest BCUT2D eigenvalue weighted by Gasteiger charge is 2.39. The molecular formula is C20H25FN4O. The Kier molecular flexibility index (Phi) is 4.30. The zero-order valence-electron chi connectivity index (χ0n) is 16.0. The summed E-state index contributed by atoms with van der Waals surface area (Å²) in [5, 5.41) is 2.88. The van der Waals surface area contributed by atoms with Crippen LogP contribution in [0.25, 0.3) is 15.9 Å². The van der Waals surface area contributed by atoms with E-state index in [1.54, 1.807) is 10.6 Å². The first-order valence-electron chi connectivity index (χ1n) is 8.93. The topological polar surface area (TPSA) is 51.3 Å². The summed E-state index contributed by atoms with van der Waals surface area (Å²) in [6, 6.07) is 2.80. The largest absolute Gasteiger partial charge is 0.306 e. The lowest BCUT2D eigenvalue weighted by atomic mass is 9.83. The van der Waals surface area contributed by atoms with Crippen LogP contribution in [0, 0.1) is 23.7 Å². The third-order valence-electron chi connectivity index (χ3n) is 5.05. The number of halogens is 1. The number of anilines is 1. The molecule has 1 fully saturated rings. The van der Waals surface area contributed by atoms with Crippen LogP contribution in [-0.4, -0.2) is 15.5 Å². The molecule has 0 aliphatic heterocycles. The highest BCUT2D eigenvalue weighted by molar-refractivity contribution is 5.92. The molecule has 2 aromatic rings. The Hall–Kier alpha value is -2.42. The Morgan fingerprint density at radius 2 is 2.00 bits per heavy atom.